The summed E-state index contributed by atoms with van der Waals surface area (Å²) in [7, 11) is -3.71. The minimum Gasteiger partial charge on any atom is -0.397 e. The smallest absolute Gasteiger partial charge is 0.238 e. The van der Waals surface area contributed by atoms with Crippen LogP contribution in [0.15, 0.2) is 57.2 Å². The molecule has 0 aliphatic rings. The van der Waals surface area contributed by atoms with Gasteiger partial charge in [-0.25, -0.2) is 13.6 Å². The molecule has 19 heavy (non-hydrogen) atoms. The summed E-state index contributed by atoms with van der Waals surface area (Å²) in [4.78, 5) is 1.57. The van der Waals surface area contributed by atoms with Crippen LogP contribution in [0.3, 0.4) is 0 Å². The standard InChI is InChI=1S/C12H13N3O2S2/c13-10-5-2-6-11(12(10)14)18-8-3-1-4-9(7-8)19(15,16)17/h1-7H,13-14H2,(H2,15,16,17). The van der Waals surface area contributed by atoms with Crippen molar-refractivity contribution in [2.24, 2.45) is 5.14 Å². The van der Waals surface area contributed by atoms with Gasteiger partial charge in [-0.05, 0) is 30.3 Å². The van der Waals surface area contributed by atoms with Crippen molar-refractivity contribution in [2.75, 3.05) is 11.5 Å². The molecule has 0 heterocycles. The highest BCUT2D eigenvalue weighted by atomic mass is 32.2. The second-order valence-corrected chi connectivity index (χ2v) is 6.56. The quantitative estimate of drug-likeness (QED) is 0.745. The van der Waals surface area contributed by atoms with E-state index in [2.05, 4.69) is 0 Å². The van der Waals surface area contributed by atoms with Crippen molar-refractivity contribution in [3.8, 4) is 0 Å². The Kier molecular flexibility index (Phi) is 3.70. The zero-order valence-electron chi connectivity index (χ0n) is 9.91. The molecule has 0 saturated heterocycles. The number of nitrogens with two attached hydrogens (primary N) is 3. The van der Waals surface area contributed by atoms with Crippen LogP contribution >= 0.6 is 11.8 Å². The van der Waals surface area contributed by atoms with Crippen molar-refractivity contribution < 1.29 is 8.42 Å². The summed E-state index contributed by atoms with van der Waals surface area (Å²) in [6.07, 6.45) is 0. The Morgan fingerprint density at radius 2 is 1.68 bits per heavy atom. The molecule has 0 aromatic heterocycles. The van der Waals surface area contributed by atoms with Gasteiger partial charge < -0.3 is 11.5 Å². The van der Waals surface area contributed by atoms with Crippen LogP contribution in [-0.4, -0.2) is 8.42 Å². The van der Waals surface area contributed by atoms with Crippen LogP contribution in [-0.2, 0) is 10.0 Å². The molecule has 0 fully saturated rings. The first-order valence-corrected chi connectivity index (χ1v) is 7.69. The van der Waals surface area contributed by atoms with Crippen LogP contribution in [0.4, 0.5) is 11.4 Å². The van der Waals surface area contributed by atoms with Crippen LogP contribution in [0.5, 0.6) is 0 Å². The highest BCUT2D eigenvalue weighted by molar-refractivity contribution is 7.99. The lowest BCUT2D eigenvalue weighted by Crippen LogP contribution is -2.11. The highest BCUT2D eigenvalue weighted by Crippen LogP contribution is 2.35. The average Bonchev–Trinajstić information content (AvgIpc) is 2.34. The van der Waals surface area contributed by atoms with Crippen molar-refractivity contribution >= 4 is 33.2 Å². The lowest BCUT2D eigenvalue weighted by Gasteiger charge is -2.08. The summed E-state index contributed by atoms with van der Waals surface area (Å²) >= 11 is 1.33. The van der Waals surface area contributed by atoms with Crippen LogP contribution < -0.4 is 16.6 Å². The molecule has 5 nitrogen and oxygen atoms in total. The van der Waals surface area contributed by atoms with Crippen molar-refractivity contribution in [1.82, 2.24) is 0 Å². The van der Waals surface area contributed by atoms with Gasteiger partial charge in [0.05, 0.1) is 16.3 Å². The molecule has 2 aromatic rings. The van der Waals surface area contributed by atoms with Gasteiger partial charge in [-0.2, -0.15) is 0 Å². The highest BCUT2D eigenvalue weighted by Gasteiger charge is 2.10. The SMILES string of the molecule is Nc1cccc(Sc2cccc(S(N)(=O)=O)c2)c1N. The topological polar surface area (TPSA) is 112 Å². The minimum atomic E-state index is -3.71. The molecule has 0 unspecified atom stereocenters. The second kappa shape index (κ2) is 5.12. The van der Waals surface area contributed by atoms with E-state index < -0.39 is 10.0 Å². The fraction of sp³-hybridized carbons (Fsp3) is 0. The average molecular weight is 295 g/mol. The van der Waals surface area contributed by atoms with E-state index in [1.54, 1.807) is 24.3 Å². The molecule has 0 bridgehead atoms. The lowest BCUT2D eigenvalue weighted by atomic mass is 10.3. The predicted molar refractivity (Wildman–Crippen MR) is 77.2 cm³/mol. The second-order valence-electron chi connectivity index (χ2n) is 3.88. The Balaban J connectivity index is 2.37. The largest absolute Gasteiger partial charge is 0.397 e. The number of para-hydroxylation sites is 1. The van der Waals surface area contributed by atoms with Crippen molar-refractivity contribution in [2.45, 2.75) is 14.7 Å². The fourth-order valence-electron chi connectivity index (χ4n) is 1.49. The molecule has 0 radical (unpaired) electrons. The van der Waals surface area contributed by atoms with E-state index in [1.807, 2.05) is 6.07 Å². The Morgan fingerprint density at radius 1 is 1.00 bits per heavy atom. The van der Waals surface area contributed by atoms with E-state index in [-0.39, 0.29) is 4.90 Å². The molecular formula is C12H13N3O2S2. The van der Waals surface area contributed by atoms with Gasteiger partial charge in [0.2, 0.25) is 10.0 Å². The Hall–Kier alpha value is -1.70. The predicted octanol–water partition coefficient (Wildman–Crippen LogP) is 1.65. The number of hydrogen-bond acceptors (Lipinski definition) is 5. The normalized spacial score (nSPS) is 11.4. The molecular weight excluding hydrogens is 282 g/mol. The minimum absolute atomic E-state index is 0.0694. The van der Waals surface area contributed by atoms with Crippen LogP contribution in [0.2, 0.25) is 0 Å². The zero-order valence-corrected chi connectivity index (χ0v) is 11.5. The third kappa shape index (κ3) is 3.19. The van der Waals surface area contributed by atoms with Gasteiger partial charge in [0, 0.05) is 9.79 Å². The lowest BCUT2D eigenvalue weighted by molar-refractivity contribution is 0.597. The van der Waals surface area contributed by atoms with Gasteiger partial charge >= 0.3 is 0 Å². The van der Waals surface area contributed by atoms with Gasteiger partial charge in [-0.1, -0.05) is 23.9 Å². The summed E-state index contributed by atoms with van der Waals surface area (Å²) in [5.41, 5.74) is 12.6. The van der Waals surface area contributed by atoms with Gasteiger partial charge in [-0.3, -0.25) is 0 Å². The zero-order chi connectivity index (χ0) is 14.0. The van der Waals surface area contributed by atoms with Gasteiger partial charge in [-0.15, -0.1) is 0 Å². The molecule has 0 atom stereocenters. The van der Waals surface area contributed by atoms with Gasteiger partial charge in [0.25, 0.3) is 0 Å². The molecule has 0 aliphatic carbocycles. The first kappa shape index (κ1) is 13.7. The molecule has 0 spiro atoms. The van der Waals surface area contributed by atoms with Crippen LogP contribution in [0.1, 0.15) is 0 Å². The third-order valence-corrected chi connectivity index (χ3v) is 4.44. The molecule has 0 amide bonds. The summed E-state index contributed by atoms with van der Waals surface area (Å²) < 4.78 is 22.6. The van der Waals surface area contributed by atoms with Crippen LogP contribution in [0.25, 0.3) is 0 Å². The number of primary sulfonamides is 1. The van der Waals surface area contributed by atoms with E-state index in [1.165, 1.54) is 23.9 Å². The molecule has 7 heteroatoms. The van der Waals surface area contributed by atoms with E-state index in [0.717, 1.165) is 9.79 Å². The first-order chi connectivity index (χ1) is 8.88. The van der Waals surface area contributed by atoms with E-state index in [4.69, 9.17) is 16.6 Å². The van der Waals surface area contributed by atoms with Crippen molar-refractivity contribution in [3.05, 3.63) is 42.5 Å². The molecule has 0 aliphatic heterocycles. The molecule has 6 N–H and O–H groups in total. The number of hydrogen-bond donors (Lipinski definition) is 3. The Bertz CT molecular complexity index is 715. The number of anilines is 2. The maximum absolute atomic E-state index is 11.3. The Morgan fingerprint density at radius 3 is 2.37 bits per heavy atom. The van der Waals surface area contributed by atoms with Crippen molar-refractivity contribution in [3.63, 3.8) is 0 Å². The number of nitrogen functional groups attached to an aromatic ring is 2. The van der Waals surface area contributed by atoms with E-state index in [0.29, 0.717) is 11.4 Å². The Labute approximate surface area is 115 Å². The molecule has 2 rings (SSSR count). The number of sulfonamides is 1. The summed E-state index contributed by atoms with van der Waals surface area (Å²) in [6.45, 7) is 0. The molecule has 100 valence electrons. The van der Waals surface area contributed by atoms with Gasteiger partial charge in [0.15, 0.2) is 0 Å². The fourth-order valence-corrected chi connectivity index (χ4v) is 3.09. The van der Waals surface area contributed by atoms with E-state index in [9.17, 15) is 8.42 Å². The number of benzene rings is 2. The van der Waals surface area contributed by atoms with Crippen LogP contribution in [0, 0.1) is 0 Å². The third-order valence-electron chi connectivity index (χ3n) is 2.46. The first-order valence-electron chi connectivity index (χ1n) is 5.32. The van der Waals surface area contributed by atoms with Crippen molar-refractivity contribution in [1.29, 1.82) is 0 Å². The maximum Gasteiger partial charge on any atom is 0.238 e. The maximum atomic E-state index is 11.3. The summed E-state index contributed by atoms with van der Waals surface area (Å²) in [5.74, 6) is 0. The molecule has 2 aromatic carbocycles. The van der Waals surface area contributed by atoms with Gasteiger partial charge in [0.1, 0.15) is 0 Å². The monoisotopic (exact) mass is 295 g/mol. The van der Waals surface area contributed by atoms with E-state index >= 15 is 0 Å². The summed E-state index contributed by atoms with van der Waals surface area (Å²) in [6, 6.07) is 11.7. The summed E-state index contributed by atoms with van der Waals surface area (Å²) in [5, 5.41) is 5.09. The number of rotatable bonds is 3. The molecule has 0 saturated carbocycles.